The summed E-state index contributed by atoms with van der Waals surface area (Å²) in [5.41, 5.74) is 6.25. The van der Waals surface area contributed by atoms with Crippen LogP contribution in [0.2, 0.25) is 0 Å². The van der Waals surface area contributed by atoms with Gasteiger partial charge in [-0.3, -0.25) is 0 Å². The zero-order valence-corrected chi connectivity index (χ0v) is 7.57. The summed E-state index contributed by atoms with van der Waals surface area (Å²) in [5, 5.41) is 9.42. The Kier molecular flexibility index (Phi) is 3.39. The maximum atomic E-state index is 12.7. The molecule has 1 aromatic rings. The summed E-state index contributed by atoms with van der Waals surface area (Å²) < 4.78 is 12.7. The lowest BCUT2D eigenvalue weighted by Crippen LogP contribution is -2.33. The third kappa shape index (κ3) is 3.13. The van der Waals surface area contributed by atoms with Gasteiger partial charge in [0.1, 0.15) is 5.82 Å². The summed E-state index contributed by atoms with van der Waals surface area (Å²) in [7, 11) is 0. The molecule has 0 amide bonds. The molecule has 3 heteroatoms. The van der Waals surface area contributed by atoms with Crippen LogP contribution in [0.4, 0.5) is 4.39 Å². The van der Waals surface area contributed by atoms with Crippen LogP contribution in [0.25, 0.3) is 0 Å². The molecule has 0 saturated heterocycles. The molecule has 0 bridgehead atoms. The minimum Gasteiger partial charge on any atom is -0.391 e. The Morgan fingerprint density at radius 3 is 2.77 bits per heavy atom. The first-order valence-electron chi connectivity index (χ1n) is 4.27. The van der Waals surface area contributed by atoms with E-state index in [2.05, 4.69) is 0 Å². The molecule has 1 rings (SSSR count). The van der Waals surface area contributed by atoms with Crippen LogP contribution in [0.5, 0.6) is 0 Å². The molecule has 0 spiro atoms. The number of rotatable bonds is 3. The highest BCUT2D eigenvalue weighted by atomic mass is 19.1. The Labute approximate surface area is 77.2 Å². The van der Waals surface area contributed by atoms with Gasteiger partial charge in [-0.05, 0) is 31.0 Å². The zero-order valence-electron chi connectivity index (χ0n) is 7.57. The third-order valence-corrected chi connectivity index (χ3v) is 1.94. The number of aliphatic hydroxyl groups excluding tert-OH is 1. The van der Waals surface area contributed by atoms with Gasteiger partial charge in [-0.2, -0.15) is 0 Å². The molecule has 2 nitrogen and oxygen atoms in total. The molecule has 0 aliphatic carbocycles. The predicted octanol–water partition coefficient (Wildman–Crippen LogP) is 1.08. The van der Waals surface area contributed by atoms with E-state index in [0.29, 0.717) is 6.42 Å². The van der Waals surface area contributed by atoms with Gasteiger partial charge in [0.2, 0.25) is 0 Å². The average Bonchev–Trinajstić information content (AvgIpc) is 2.04. The lowest BCUT2D eigenvalue weighted by atomic mass is 10.0. The Balaban J connectivity index is 2.64. The van der Waals surface area contributed by atoms with E-state index in [1.54, 1.807) is 19.1 Å². The highest BCUT2D eigenvalue weighted by molar-refractivity contribution is 5.17. The van der Waals surface area contributed by atoms with E-state index in [1.165, 1.54) is 12.1 Å². The van der Waals surface area contributed by atoms with Crippen LogP contribution < -0.4 is 5.73 Å². The number of hydrogen-bond acceptors (Lipinski definition) is 2. The molecule has 72 valence electrons. The molecule has 1 aromatic carbocycles. The second kappa shape index (κ2) is 4.35. The van der Waals surface area contributed by atoms with Crippen LogP contribution >= 0.6 is 0 Å². The van der Waals surface area contributed by atoms with E-state index in [4.69, 9.17) is 5.73 Å². The molecule has 13 heavy (non-hydrogen) atoms. The van der Waals surface area contributed by atoms with Crippen molar-refractivity contribution in [2.45, 2.75) is 25.5 Å². The summed E-state index contributed by atoms with van der Waals surface area (Å²) in [6, 6.07) is 5.89. The molecule has 0 aliphatic rings. The van der Waals surface area contributed by atoms with Gasteiger partial charge < -0.3 is 10.8 Å². The number of halogens is 1. The summed E-state index contributed by atoms with van der Waals surface area (Å²) in [6.45, 7) is 1.73. The molecule has 0 aromatic heterocycles. The summed E-state index contributed by atoms with van der Waals surface area (Å²) in [4.78, 5) is 0. The van der Waals surface area contributed by atoms with Crippen molar-refractivity contribution in [1.29, 1.82) is 0 Å². The lowest BCUT2D eigenvalue weighted by molar-refractivity contribution is 0.151. The average molecular weight is 183 g/mol. The Hall–Kier alpha value is -0.930. The van der Waals surface area contributed by atoms with Gasteiger partial charge in [0, 0.05) is 6.04 Å². The topological polar surface area (TPSA) is 46.2 Å². The quantitative estimate of drug-likeness (QED) is 0.736. The van der Waals surface area contributed by atoms with E-state index in [9.17, 15) is 9.50 Å². The van der Waals surface area contributed by atoms with Gasteiger partial charge in [-0.25, -0.2) is 4.39 Å². The second-order valence-corrected chi connectivity index (χ2v) is 3.26. The van der Waals surface area contributed by atoms with Crippen LogP contribution in [0.15, 0.2) is 24.3 Å². The molecule has 2 atom stereocenters. The van der Waals surface area contributed by atoms with Crippen LogP contribution in [0.3, 0.4) is 0 Å². The maximum absolute atomic E-state index is 12.7. The number of aliphatic hydroxyl groups is 1. The van der Waals surface area contributed by atoms with Gasteiger partial charge in [0.25, 0.3) is 0 Å². The normalized spacial score (nSPS) is 15.4. The fourth-order valence-corrected chi connectivity index (χ4v) is 1.09. The van der Waals surface area contributed by atoms with E-state index < -0.39 is 6.10 Å². The number of benzene rings is 1. The molecule has 3 N–H and O–H groups in total. The van der Waals surface area contributed by atoms with Gasteiger partial charge in [0.15, 0.2) is 0 Å². The molecule has 0 saturated carbocycles. The van der Waals surface area contributed by atoms with E-state index in [-0.39, 0.29) is 11.9 Å². The minimum atomic E-state index is -0.609. The van der Waals surface area contributed by atoms with Crippen LogP contribution in [-0.4, -0.2) is 17.3 Å². The van der Waals surface area contributed by atoms with Crippen LogP contribution in [-0.2, 0) is 6.42 Å². The largest absolute Gasteiger partial charge is 0.391 e. The van der Waals surface area contributed by atoms with Crippen LogP contribution in [0, 0.1) is 5.82 Å². The fraction of sp³-hybridized carbons (Fsp3) is 0.400. The van der Waals surface area contributed by atoms with E-state index in [1.807, 2.05) is 0 Å². The first-order chi connectivity index (χ1) is 6.09. The zero-order chi connectivity index (χ0) is 9.84. The number of nitrogens with two attached hydrogens (primary N) is 1. The Morgan fingerprint density at radius 1 is 1.54 bits per heavy atom. The smallest absolute Gasteiger partial charge is 0.123 e. The predicted molar refractivity (Wildman–Crippen MR) is 49.8 cm³/mol. The van der Waals surface area contributed by atoms with Crippen molar-refractivity contribution >= 4 is 0 Å². The fourth-order valence-electron chi connectivity index (χ4n) is 1.09. The van der Waals surface area contributed by atoms with Crippen molar-refractivity contribution in [3.63, 3.8) is 0 Å². The molecule has 2 unspecified atom stereocenters. The second-order valence-electron chi connectivity index (χ2n) is 3.26. The standard InChI is InChI=1S/C10H14FNO/c1-7(12)10(13)6-8-3-2-4-9(11)5-8/h2-5,7,10,13H,6,12H2,1H3. The van der Waals surface area contributed by atoms with Gasteiger partial charge in [0.05, 0.1) is 6.10 Å². The van der Waals surface area contributed by atoms with Crippen molar-refractivity contribution in [3.05, 3.63) is 35.6 Å². The molecule has 0 fully saturated rings. The van der Waals surface area contributed by atoms with Crippen molar-refractivity contribution in [3.8, 4) is 0 Å². The number of hydrogen-bond donors (Lipinski definition) is 2. The molecular weight excluding hydrogens is 169 g/mol. The van der Waals surface area contributed by atoms with Crippen molar-refractivity contribution in [2.24, 2.45) is 5.73 Å². The Morgan fingerprint density at radius 2 is 2.23 bits per heavy atom. The molecular formula is C10H14FNO. The van der Waals surface area contributed by atoms with Gasteiger partial charge in [-0.15, -0.1) is 0 Å². The SMILES string of the molecule is CC(N)C(O)Cc1cccc(F)c1. The molecule has 0 heterocycles. The lowest BCUT2D eigenvalue weighted by Gasteiger charge is -2.13. The third-order valence-electron chi connectivity index (χ3n) is 1.94. The summed E-state index contributed by atoms with van der Waals surface area (Å²) in [6.07, 6.45) is -0.211. The van der Waals surface area contributed by atoms with E-state index in [0.717, 1.165) is 5.56 Å². The van der Waals surface area contributed by atoms with E-state index >= 15 is 0 Å². The molecule has 0 radical (unpaired) electrons. The van der Waals surface area contributed by atoms with Crippen molar-refractivity contribution in [2.75, 3.05) is 0 Å². The summed E-state index contributed by atoms with van der Waals surface area (Å²) >= 11 is 0. The van der Waals surface area contributed by atoms with Crippen LogP contribution in [0.1, 0.15) is 12.5 Å². The monoisotopic (exact) mass is 183 g/mol. The van der Waals surface area contributed by atoms with Crippen molar-refractivity contribution in [1.82, 2.24) is 0 Å². The highest BCUT2D eigenvalue weighted by Gasteiger charge is 2.10. The maximum Gasteiger partial charge on any atom is 0.123 e. The van der Waals surface area contributed by atoms with Gasteiger partial charge >= 0.3 is 0 Å². The first-order valence-corrected chi connectivity index (χ1v) is 4.27. The highest BCUT2D eigenvalue weighted by Crippen LogP contribution is 2.07. The van der Waals surface area contributed by atoms with Gasteiger partial charge in [-0.1, -0.05) is 12.1 Å². The Bertz CT molecular complexity index is 275. The summed E-state index contributed by atoms with van der Waals surface area (Å²) in [5.74, 6) is -0.283. The van der Waals surface area contributed by atoms with Crippen molar-refractivity contribution < 1.29 is 9.50 Å². The first kappa shape index (κ1) is 10.2. The minimum absolute atomic E-state index is 0.283. The molecule has 0 aliphatic heterocycles.